The summed E-state index contributed by atoms with van der Waals surface area (Å²) in [7, 11) is 0. The highest BCUT2D eigenvalue weighted by molar-refractivity contribution is 6.02. The van der Waals surface area contributed by atoms with Gasteiger partial charge in [-0.05, 0) is 6.92 Å². The van der Waals surface area contributed by atoms with Crippen molar-refractivity contribution in [1.82, 2.24) is 24.7 Å². The zero-order chi connectivity index (χ0) is 20.7. The molecule has 30 heavy (non-hydrogen) atoms. The van der Waals surface area contributed by atoms with Crippen LogP contribution >= 0.6 is 0 Å². The Hall–Kier alpha value is -3.11. The molecule has 0 bridgehead atoms. The van der Waals surface area contributed by atoms with Gasteiger partial charge in [-0.2, -0.15) is 0 Å². The third-order valence-electron chi connectivity index (χ3n) is 5.51. The normalized spacial score (nSPS) is 19.7. The number of anilines is 2. The largest absolute Gasteiger partial charge is 0.379 e. The highest BCUT2D eigenvalue weighted by atomic mass is 19.1. The molecule has 2 aliphatic rings. The Bertz CT molecular complexity index is 1070. The molecule has 0 radical (unpaired) electrons. The molecule has 0 saturated carbocycles. The quantitative estimate of drug-likeness (QED) is 0.667. The molecule has 10 heteroatoms. The molecule has 9 nitrogen and oxygen atoms in total. The first-order chi connectivity index (χ1) is 14.6. The van der Waals surface area contributed by atoms with Crippen LogP contribution in [-0.4, -0.2) is 64.1 Å². The Kier molecular flexibility index (Phi) is 4.80. The van der Waals surface area contributed by atoms with Crippen LogP contribution in [0.4, 0.5) is 15.9 Å². The standard InChI is InChI=1S/C20H22FN7O2/c1-12-7-28-10-14(4-15(21)19(28)25-12)26-20(29)16-5-24-18(6-23-16)27-8-13(9-27)17-11-30-3-2-22-17/h4-7,10,13,17,22H,2-3,8-9,11H2,1H3,(H,26,29). The lowest BCUT2D eigenvalue weighted by Crippen LogP contribution is -2.59. The Morgan fingerprint density at radius 3 is 2.90 bits per heavy atom. The molecule has 0 aromatic carbocycles. The van der Waals surface area contributed by atoms with Gasteiger partial charge >= 0.3 is 0 Å². The monoisotopic (exact) mass is 411 g/mol. The van der Waals surface area contributed by atoms with Crippen molar-refractivity contribution in [2.75, 3.05) is 43.1 Å². The SMILES string of the molecule is Cc1cn2cc(NC(=O)c3cnc(N4CC(C5COCCN5)C4)cn3)cc(F)c2n1. The van der Waals surface area contributed by atoms with Gasteiger partial charge < -0.3 is 24.7 Å². The first-order valence-electron chi connectivity index (χ1n) is 9.91. The predicted octanol–water partition coefficient (Wildman–Crippen LogP) is 1.25. The highest BCUT2D eigenvalue weighted by Gasteiger charge is 2.35. The van der Waals surface area contributed by atoms with Crippen LogP contribution in [0.5, 0.6) is 0 Å². The predicted molar refractivity (Wildman–Crippen MR) is 108 cm³/mol. The van der Waals surface area contributed by atoms with Crippen molar-refractivity contribution in [3.05, 3.63) is 48.1 Å². The van der Waals surface area contributed by atoms with Crippen molar-refractivity contribution in [2.45, 2.75) is 13.0 Å². The highest BCUT2D eigenvalue weighted by Crippen LogP contribution is 2.25. The van der Waals surface area contributed by atoms with Crippen LogP contribution in [0.3, 0.4) is 0 Å². The van der Waals surface area contributed by atoms with Gasteiger partial charge in [0.15, 0.2) is 11.5 Å². The Balaban J connectivity index is 1.22. The van der Waals surface area contributed by atoms with Gasteiger partial charge in [0.05, 0.1) is 37.0 Å². The van der Waals surface area contributed by atoms with E-state index in [0.717, 1.165) is 38.7 Å². The van der Waals surface area contributed by atoms with Crippen LogP contribution in [-0.2, 0) is 4.74 Å². The van der Waals surface area contributed by atoms with E-state index in [1.54, 1.807) is 29.9 Å². The smallest absolute Gasteiger partial charge is 0.275 e. The number of morpholine rings is 1. The summed E-state index contributed by atoms with van der Waals surface area (Å²) in [6.45, 7) is 5.94. The van der Waals surface area contributed by atoms with Crippen molar-refractivity contribution in [2.24, 2.45) is 5.92 Å². The second-order valence-corrected chi connectivity index (χ2v) is 7.70. The number of rotatable bonds is 4. The number of pyridine rings is 1. The second-order valence-electron chi connectivity index (χ2n) is 7.70. The molecule has 2 aliphatic heterocycles. The number of hydrogen-bond acceptors (Lipinski definition) is 7. The maximum absolute atomic E-state index is 14.2. The van der Waals surface area contributed by atoms with Crippen molar-refractivity contribution in [3.63, 3.8) is 0 Å². The summed E-state index contributed by atoms with van der Waals surface area (Å²) in [4.78, 5) is 27.3. The fourth-order valence-corrected chi connectivity index (χ4v) is 3.89. The zero-order valence-electron chi connectivity index (χ0n) is 16.5. The number of nitrogens with one attached hydrogen (secondary N) is 2. The van der Waals surface area contributed by atoms with Gasteiger partial charge in [0.25, 0.3) is 5.91 Å². The van der Waals surface area contributed by atoms with Gasteiger partial charge in [-0.3, -0.25) is 4.79 Å². The van der Waals surface area contributed by atoms with Crippen molar-refractivity contribution in [3.8, 4) is 0 Å². The number of halogens is 1. The minimum absolute atomic E-state index is 0.167. The summed E-state index contributed by atoms with van der Waals surface area (Å²) in [5, 5.41) is 6.14. The second kappa shape index (κ2) is 7.62. The molecule has 1 unspecified atom stereocenters. The van der Waals surface area contributed by atoms with Crippen LogP contribution in [0.2, 0.25) is 0 Å². The first-order valence-corrected chi connectivity index (χ1v) is 9.91. The first kappa shape index (κ1) is 18.9. The van der Waals surface area contributed by atoms with E-state index in [-0.39, 0.29) is 11.3 Å². The van der Waals surface area contributed by atoms with Crippen LogP contribution < -0.4 is 15.5 Å². The van der Waals surface area contributed by atoms with Gasteiger partial charge in [0.1, 0.15) is 11.5 Å². The average molecular weight is 411 g/mol. The molecule has 3 aromatic rings. The summed E-state index contributed by atoms with van der Waals surface area (Å²) < 4.78 is 21.3. The molecule has 2 N–H and O–H groups in total. The maximum Gasteiger partial charge on any atom is 0.275 e. The van der Waals surface area contributed by atoms with Crippen molar-refractivity contribution < 1.29 is 13.9 Å². The van der Waals surface area contributed by atoms with Crippen molar-refractivity contribution >= 4 is 23.1 Å². The van der Waals surface area contributed by atoms with Gasteiger partial charge in [0.2, 0.25) is 0 Å². The number of nitrogens with zero attached hydrogens (tertiary/aromatic N) is 5. The summed E-state index contributed by atoms with van der Waals surface area (Å²) in [5.41, 5.74) is 1.40. The third kappa shape index (κ3) is 3.59. The molecular weight excluding hydrogens is 389 g/mol. The number of aromatic nitrogens is 4. The van der Waals surface area contributed by atoms with E-state index in [1.807, 2.05) is 0 Å². The Morgan fingerprint density at radius 1 is 1.30 bits per heavy atom. The number of imidazole rings is 1. The van der Waals surface area contributed by atoms with Gasteiger partial charge in [-0.25, -0.2) is 19.3 Å². The lowest BCUT2D eigenvalue weighted by atomic mass is 9.91. The molecular formula is C20H22FN7O2. The van der Waals surface area contributed by atoms with Crippen LogP contribution in [0, 0.1) is 18.7 Å². The van der Waals surface area contributed by atoms with Crippen LogP contribution in [0.15, 0.2) is 30.9 Å². The van der Waals surface area contributed by atoms with Gasteiger partial charge in [-0.15, -0.1) is 0 Å². The molecule has 156 valence electrons. The van der Waals surface area contributed by atoms with Gasteiger partial charge in [0, 0.05) is 50.1 Å². The number of amides is 1. The number of carbonyl (C=O) groups excluding carboxylic acids is 1. The van der Waals surface area contributed by atoms with E-state index < -0.39 is 11.7 Å². The topological polar surface area (TPSA) is 96.7 Å². The Morgan fingerprint density at radius 2 is 2.17 bits per heavy atom. The Labute approximate surface area is 172 Å². The molecule has 5 rings (SSSR count). The van der Waals surface area contributed by atoms with E-state index in [9.17, 15) is 9.18 Å². The van der Waals surface area contributed by atoms with Crippen molar-refractivity contribution in [1.29, 1.82) is 0 Å². The molecule has 2 fully saturated rings. The summed E-state index contributed by atoms with van der Waals surface area (Å²) in [5.74, 6) is 0.301. The number of aryl methyl sites for hydroxylation is 1. The molecule has 2 saturated heterocycles. The minimum Gasteiger partial charge on any atom is -0.379 e. The van der Waals surface area contributed by atoms with Crippen LogP contribution in [0.25, 0.3) is 5.65 Å². The average Bonchev–Trinajstić information content (AvgIpc) is 3.09. The van der Waals surface area contributed by atoms with E-state index in [1.165, 1.54) is 12.3 Å². The molecule has 1 atom stereocenters. The number of carbonyl (C=O) groups is 1. The number of ether oxygens (including phenoxy) is 1. The van der Waals surface area contributed by atoms with Crippen LogP contribution in [0.1, 0.15) is 16.2 Å². The number of hydrogen-bond donors (Lipinski definition) is 2. The van der Waals surface area contributed by atoms with E-state index >= 15 is 0 Å². The summed E-state index contributed by atoms with van der Waals surface area (Å²) in [6.07, 6.45) is 6.34. The fraction of sp³-hybridized carbons (Fsp3) is 0.400. The minimum atomic E-state index is -0.507. The van der Waals surface area contributed by atoms with Gasteiger partial charge in [-0.1, -0.05) is 0 Å². The molecule has 1 amide bonds. The fourth-order valence-electron chi connectivity index (χ4n) is 3.89. The molecule has 0 aliphatic carbocycles. The molecule has 0 spiro atoms. The molecule has 3 aromatic heterocycles. The zero-order valence-corrected chi connectivity index (χ0v) is 16.5. The third-order valence-corrected chi connectivity index (χ3v) is 5.51. The maximum atomic E-state index is 14.2. The summed E-state index contributed by atoms with van der Waals surface area (Å²) >= 11 is 0. The van der Waals surface area contributed by atoms with E-state index in [2.05, 4.69) is 30.5 Å². The molecule has 5 heterocycles. The van der Waals surface area contributed by atoms with E-state index in [4.69, 9.17) is 4.74 Å². The summed E-state index contributed by atoms with van der Waals surface area (Å²) in [6, 6.07) is 1.62. The van der Waals surface area contributed by atoms with E-state index in [0.29, 0.717) is 23.3 Å². The number of fused-ring (bicyclic) bond motifs is 1. The lowest BCUT2D eigenvalue weighted by molar-refractivity contribution is 0.0507. The lowest BCUT2D eigenvalue weighted by Gasteiger charge is -2.45.